The van der Waals surface area contributed by atoms with Crippen molar-refractivity contribution in [2.45, 2.75) is 33.9 Å². The number of carbonyl (C=O) groups excluding carboxylic acids is 1. The van der Waals surface area contributed by atoms with Crippen molar-refractivity contribution >= 4 is 5.91 Å². The number of alkyl halides is 3. The van der Waals surface area contributed by atoms with Gasteiger partial charge in [0.15, 0.2) is 0 Å². The topological polar surface area (TPSA) is 20.3 Å². The molecule has 0 atom stereocenters. The van der Waals surface area contributed by atoms with Crippen molar-refractivity contribution in [1.29, 1.82) is 0 Å². The van der Waals surface area contributed by atoms with E-state index in [1.165, 1.54) is 4.90 Å². The predicted octanol–water partition coefficient (Wildman–Crippen LogP) is 2.44. The first kappa shape index (κ1) is 13.3. The van der Waals surface area contributed by atoms with Crippen LogP contribution in [0, 0.1) is 5.41 Å². The third-order valence-corrected chi connectivity index (χ3v) is 2.29. The zero-order valence-electron chi connectivity index (χ0n) is 8.90. The number of rotatable bonds is 3. The molecule has 84 valence electrons. The standard InChI is InChI=1S/C9H16F3NO/c1-5-13(6-2)7(14)8(3,4)9(10,11)12/h5-6H2,1-4H3. The predicted molar refractivity (Wildman–Crippen MR) is 47.8 cm³/mol. The first-order valence-electron chi connectivity index (χ1n) is 4.54. The monoisotopic (exact) mass is 211 g/mol. The smallest absolute Gasteiger partial charge is 0.343 e. The van der Waals surface area contributed by atoms with Crippen LogP contribution in [-0.2, 0) is 4.79 Å². The van der Waals surface area contributed by atoms with Crippen molar-refractivity contribution in [3.05, 3.63) is 0 Å². The average molecular weight is 211 g/mol. The van der Waals surface area contributed by atoms with E-state index >= 15 is 0 Å². The molecule has 0 radical (unpaired) electrons. The van der Waals surface area contributed by atoms with E-state index in [1.807, 2.05) is 0 Å². The van der Waals surface area contributed by atoms with Crippen molar-refractivity contribution in [3.63, 3.8) is 0 Å². The first-order chi connectivity index (χ1) is 6.18. The Morgan fingerprint density at radius 2 is 1.50 bits per heavy atom. The first-order valence-corrected chi connectivity index (χ1v) is 4.54. The molecule has 0 N–H and O–H groups in total. The molecule has 5 heteroatoms. The van der Waals surface area contributed by atoms with Crippen LogP contribution in [0.15, 0.2) is 0 Å². The number of halogens is 3. The van der Waals surface area contributed by atoms with Crippen molar-refractivity contribution < 1.29 is 18.0 Å². The normalized spacial score (nSPS) is 12.8. The second kappa shape index (κ2) is 4.19. The van der Waals surface area contributed by atoms with E-state index in [2.05, 4.69) is 0 Å². The fraction of sp³-hybridized carbons (Fsp3) is 0.889. The van der Waals surface area contributed by atoms with E-state index < -0.39 is 17.5 Å². The van der Waals surface area contributed by atoms with E-state index in [1.54, 1.807) is 13.8 Å². The van der Waals surface area contributed by atoms with Gasteiger partial charge in [-0.2, -0.15) is 13.2 Å². The highest BCUT2D eigenvalue weighted by Gasteiger charge is 2.53. The number of amides is 1. The molecule has 0 aromatic carbocycles. The van der Waals surface area contributed by atoms with Gasteiger partial charge in [0, 0.05) is 13.1 Å². The molecule has 14 heavy (non-hydrogen) atoms. The summed E-state index contributed by atoms with van der Waals surface area (Å²) in [5.74, 6) is -0.866. The second-order valence-electron chi connectivity index (χ2n) is 3.60. The van der Waals surface area contributed by atoms with Gasteiger partial charge in [0.2, 0.25) is 5.91 Å². The summed E-state index contributed by atoms with van der Waals surface area (Å²) in [6.07, 6.45) is -4.49. The van der Waals surface area contributed by atoms with E-state index in [0.717, 1.165) is 13.8 Å². The average Bonchev–Trinajstić information content (AvgIpc) is 2.04. The highest BCUT2D eigenvalue weighted by atomic mass is 19.4. The molecule has 0 aliphatic rings. The lowest BCUT2D eigenvalue weighted by molar-refractivity contribution is -0.217. The largest absolute Gasteiger partial charge is 0.402 e. The minimum absolute atomic E-state index is 0.300. The number of carbonyl (C=O) groups is 1. The maximum absolute atomic E-state index is 12.5. The summed E-state index contributed by atoms with van der Waals surface area (Å²) in [5, 5.41) is 0. The zero-order valence-corrected chi connectivity index (χ0v) is 8.90. The van der Waals surface area contributed by atoms with Crippen LogP contribution in [0.25, 0.3) is 0 Å². The SMILES string of the molecule is CCN(CC)C(=O)C(C)(C)C(F)(F)F. The van der Waals surface area contributed by atoms with Crippen LogP contribution >= 0.6 is 0 Å². The highest BCUT2D eigenvalue weighted by Crippen LogP contribution is 2.38. The number of nitrogens with zero attached hydrogens (tertiary/aromatic N) is 1. The molecule has 0 fully saturated rings. The maximum atomic E-state index is 12.5. The molecule has 0 rings (SSSR count). The summed E-state index contributed by atoms with van der Waals surface area (Å²) in [7, 11) is 0. The number of hydrogen-bond acceptors (Lipinski definition) is 1. The van der Waals surface area contributed by atoms with Gasteiger partial charge in [-0.25, -0.2) is 0 Å². The summed E-state index contributed by atoms with van der Waals surface area (Å²) >= 11 is 0. The zero-order chi connectivity index (χ0) is 11.6. The summed E-state index contributed by atoms with van der Waals surface area (Å²) in [6, 6.07) is 0. The number of hydrogen-bond donors (Lipinski definition) is 0. The lowest BCUT2D eigenvalue weighted by Gasteiger charge is -2.32. The van der Waals surface area contributed by atoms with Gasteiger partial charge in [-0.1, -0.05) is 0 Å². The van der Waals surface area contributed by atoms with Crippen LogP contribution < -0.4 is 0 Å². The quantitative estimate of drug-likeness (QED) is 0.702. The molecule has 0 aliphatic heterocycles. The molecule has 0 saturated heterocycles. The summed E-state index contributed by atoms with van der Waals surface area (Å²) in [6.45, 7) is 5.74. The molecular formula is C9H16F3NO. The van der Waals surface area contributed by atoms with E-state index in [9.17, 15) is 18.0 Å². The fourth-order valence-electron chi connectivity index (χ4n) is 1.03. The minimum Gasteiger partial charge on any atom is -0.343 e. The molecule has 0 spiro atoms. The molecule has 0 heterocycles. The lowest BCUT2D eigenvalue weighted by Crippen LogP contribution is -2.48. The Morgan fingerprint density at radius 1 is 1.14 bits per heavy atom. The van der Waals surface area contributed by atoms with Crippen LogP contribution in [0.3, 0.4) is 0 Å². The molecular weight excluding hydrogens is 195 g/mol. The van der Waals surface area contributed by atoms with E-state index in [0.29, 0.717) is 13.1 Å². The van der Waals surface area contributed by atoms with Crippen LogP contribution in [0.2, 0.25) is 0 Å². The Kier molecular flexibility index (Phi) is 3.97. The molecule has 0 bridgehead atoms. The van der Waals surface area contributed by atoms with Crippen molar-refractivity contribution in [3.8, 4) is 0 Å². The van der Waals surface area contributed by atoms with Gasteiger partial charge in [-0.05, 0) is 27.7 Å². The molecule has 0 aliphatic carbocycles. The summed E-state index contributed by atoms with van der Waals surface area (Å²) in [5.41, 5.74) is -2.29. The molecule has 0 aromatic rings. The Bertz CT molecular complexity index is 207. The Morgan fingerprint density at radius 3 is 1.71 bits per heavy atom. The van der Waals surface area contributed by atoms with Crippen molar-refractivity contribution in [1.82, 2.24) is 4.90 Å². The van der Waals surface area contributed by atoms with E-state index in [4.69, 9.17) is 0 Å². The molecule has 0 aromatic heterocycles. The Labute approximate surface area is 82.1 Å². The molecule has 1 amide bonds. The second-order valence-corrected chi connectivity index (χ2v) is 3.60. The highest BCUT2D eigenvalue weighted by molar-refractivity contribution is 5.82. The van der Waals surface area contributed by atoms with Gasteiger partial charge in [-0.3, -0.25) is 4.79 Å². The minimum atomic E-state index is -4.49. The van der Waals surface area contributed by atoms with Crippen LogP contribution in [0.4, 0.5) is 13.2 Å². The van der Waals surface area contributed by atoms with Crippen LogP contribution in [-0.4, -0.2) is 30.1 Å². The van der Waals surface area contributed by atoms with Crippen LogP contribution in [0.1, 0.15) is 27.7 Å². The van der Waals surface area contributed by atoms with Gasteiger partial charge in [0.25, 0.3) is 0 Å². The summed E-state index contributed by atoms with van der Waals surface area (Å²) in [4.78, 5) is 12.7. The third-order valence-electron chi connectivity index (χ3n) is 2.29. The van der Waals surface area contributed by atoms with Gasteiger partial charge in [0.05, 0.1) is 0 Å². The molecule has 0 unspecified atom stereocenters. The van der Waals surface area contributed by atoms with Gasteiger partial charge < -0.3 is 4.90 Å². The van der Waals surface area contributed by atoms with Crippen LogP contribution in [0.5, 0.6) is 0 Å². The van der Waals surface area contributed by atoms with Crippen molar-refractivity contribution in [2.24, 2.45) is 5.41 Å². The summed E-state index contributed by atoms with van der Waals surface area (Å²) < 4.78 is 37.4. The van der Waals surface area contributed by atoms with Gasteiger partial charge >= 0.3 is 6.18 Å². The molecule has 0 saturated carbocycles. The van der Waals surface area contributed by atoms with Crippen molar-refractivity contribution in [2.75, 3.05) is 13.1 Å². The van der Waals surface area contributed by atoms with Gasteiger partial charge in [0.1, 0.15) is 5.41 Å². The maximum Gasteiger partial charge on any atom is 0.402 e. The fourth-order valence-corrected chi connectivity index (χ4v) is 1.03. The third kappa shape index (κ3) is 2.39. The van der Waals surface area contributed by atoms with Gasteiger partial charge in [-0.15, -0.1) is 0 Å². The lowest BCUT2D eigenvalue weighted by atomic mass is 9.90. The Balaban J connectivity index is 4.83. The molecule has 2 nitrogen and oxygen atoms in total. The van der Waals surface area contributed by atoms with E-state index in [-0.39, 0.29) is 0 Å². The Hall–Kier alpha value is -0.740.